The molecule has 0 aliphatic carbocycles. The predicted octanol–water partition coefficient (Wildman–Crippen LogP) is 3.29. The number of hydrogen-bond acceptors (Lipinski definition) is 3. The van der Waals surface area contributed by atoms with Crippen LogP contribution in [-0.4, -0.2) is 48.1 Å². The van der Waals surface area contributed by atoms with E-state index in [1.807, 2.05) is 0 Å². The van der Waals surface area contributed by atoms with Gasteiger partial charge >= 0.3 is 0 Å². The first-order valence-electron chi connectivity index (χ1n) is 7.95. The second-order valence-electron chi connectivity index (χ2n) is 6.25. The molecule has 3 heteroatoms. The lowest BCUT2D eigenvalue weighted by atomic mass is 10.0. The van der Waals surface area contributed by atoms with Gasteiger partial charge in [0.2, 0.25) is 0 Å². The summed E-state index contributed by atoms with van der Waals surface area (Å²) >= 11 is 2.18. The highest BCUT2D eigenvalue weighted by Gasteiger charge is 2.20. The molecule has 0 amide bonds. The molecule has 2 saturated heterocycles. The van der Waals surface area contributed by atoms with Gasteiger partial charge in [-0.15, -0.1) is 0 Å². The number of rotatable bonds is 5. The third kappa shape index (κ3) is 5.88. The maximum Gasteiger partial charge on any atom is 0.0172 e. The van der Waals surface area contributed by atoms with Crippen molar-refractivity contribution < 1.29 is 0 Å². The van der Waals surface area contributed by atoms with E-state index in [0.29, 0.717) is 0 Å². The second-order valence-corrected chi connectivity index (χ2v) is 7.66. The van der Waals surface area contributed by atoms with E-state index < -0.39 is 0 Å². The number of thioether (sulfide) groups is 1. The van der Waals surface area contributed by atoms with Crippen molar-refractivity contribution >= 4 is 11.8 Å². The maximum absolute atomic E-state index is 3.81. The van der Waals surface area contributed by atoms with Gasteiger partial charge in [0.25, 0.3) is 0 Å². The van der Waals surface area contributed by atoms with E-state index in [2.05, 4.69) is 41.9 Å². The summed E-state index contributed by atoms with van der Waals surface area (Å²) in [6.45, 7) is 9.29. The molecular formula is C16H30N2S. The van der Waals surface area contributed by atoms with Crippen LogP contribution in [0.5, 0.6) is 0 Å². The Kier molecular flexibility index (Phi) is 6.75. The molecule has 110 valence electrons. The lowest BCUT2D eigenvalue weighted by Crippen LogP contribution is -2.44. The SMILES string of the molecule is CC(C)=CCN1CCC(NCC2CCCCS2)CC1. The van der Waals surface area contributed by atoms with Gasteiger partial charge in [-0.05, 0) is 58.4 Å². The van der Waals surface area contributed by atoms with Crippen molar-refractivity contribution in [3.8, 4) is 0 Å². The Balaban J connectivity index is 1.59. The average molecular weight is 282 g/mol. The monoisotopic (exact) mass is 282 g/mol. The first-order valence-corrected chi connectivity index (χ1v) is 8.99. The Morgan fingerprint density at radius 3 is 2.63 bits per heavy atom. The molecule has 1 unspecified atom stereocenters. The standard InChI is InChI=1S/C16H30N2S/c1-14(2)6-9-18-10-7-15(8-11-18)17-13-16-5-3-4-12-19-16/h6,15-17H,3-5,7-13H2,1-2H3. The Hall–Kier alpha value is 0.0100. The number of hydrogen-bond donors (Lipinski definition) is 1. The smallest absolute Gasteiger partial charge is 0.0172 e. The highest BCUT2D eigenvalue weighted by atomic mass is 32.2. The topological polar surface area (TPSA) is 15.3 Å². The molecule has 0 saturated carbocycles. The van der Waals surface area contributed by atoms with Crippen molar-refractivity contribution in [2.24, 2.45) is 0 Å². The van der Waals surface area contributed by atoms with Crippen LogP contribution < -0.4 is 5.32 Å². The number of nitrogens with one attached hydrogen (secondary N) is 1. The van der Waals surface area contributed by atoms with E-state index in [0.717, 1.165) is 17.8 Å². The molecule has 1 N–H and O–H groups in total. The third-order valence-electron chi connectivity index (χ3n) is 4.25. The van der Waals surface area contributed by atoms with Gasteiger partial charge in [0.15, 0.2) is 0 Å². The molecule has 0 aromatic rings. The van der Waals surface area contributed by atoms with Crippen molar-refractivity contribution in [1.29, 1.82) is 0 Å². The van der Waals surface area contributed by atoms with Crippen LogP contribution >= 0.6 is 11.8 Å². The van der Waals surface area contributed by atoms with Crippen molar-refractivity contribution in [2.45, 2.75) is 57.2 Å². The molecule has 2 aliphatic heterocycles. The largest absolute Gasteiger partial charge is 0.313 e. The van der Waals surface area contributed by atoms with Gasteiger partial charge in [-0.1, -0.05) is 18.1 Å². The van der Waals surface area contributed by atoms with Crippen molar-refractivity contribution in [3.05, 3.63) is 11.6 Å². The van der Waals surface area contributed by atoms with E-state index >= 15 is 0 Å². The third-order valence-corrected chi connectivity index (χ3v) is 5.65. The highest BCUT2D eigenvalue weighted by molar-refractivity contribution is 7.99. The molecule has 2 nitrogen and oxygen atoms in total. The van der Waals surface area contributed by atoms with Gasteiger partial charge in [0.1, 0.15) is 0 Å². The summed E-state index contributed by atoms with van der Waals surface area (Å²) in [7, 11) is 0. The minimum Gasteiger partial charge on any atom is -0.313 e. The summed E-state index contributed by atoms with van der Waals surface area (Å²) in [5.74, 6) is 1.38. The van der Waals surface area contributed by atoms with Crippen LogP contribution in [0.4, 0.5) is 0 Å². The van der Waals surface area contributed by atoms with Crippen molar-refractivity contribution in [3.63, 3.8) is 0 Å². The lowest BCUT2D eigenvalue weighted by molar-refractivity contribution is 0.215. The first-order chi connectivity index (χ1) is 9.24. The molecule has 0 aromatic carbocycles. The summed E-state index contributed by atoms with van der Waals surface area (Å²) in [5.41, 5.74) is 1.44. The number of allylic oxidation sites excluding steroid dienone is 1. The first kappa shape index (κ1) is 15.4. The van der Waals surface area contributed by atoms with Crippen LogP contribution in [0.3, 0.4) is 0 Å². The normalized spacial score (nSPS) is 26.3. The number of nitrogens with zero attached hydrogens (tertiary/aromatic N) is 1. The molecule has 0 aromatic heterocycles. The summed E-state index contributed by atoms with van der Waals surface area (Å²) < 4.78 is 0. The summed E-state index contributed by atoms with van der Waals surface area (Å²) in [6.07, 6.45) is 9.32. The Morgan fingerprint density at radius 2 is 2.00 bits per heavy atom. The zero-order chi connectivity index (χ0) is 13.5. The van der Waals surface area contributed by atoms with E-state index in [-0.39, 0.29) is 0 Å². The fraction of sp³-hybridized carbons (Fsp3) is 0.875. The van der Waals surface area contributed by atoms with Gasteiger partial charge in [-0.3, -0.25) is 4.90 Å². The molecule has 0 radical (unpaired) electrons. The van der Waals surface area contributed by atoms with Crippen LogP contribution in [0.15, 0.2) is 11.6 Å². The minimum atomic E-state index is 0.769. The zero-order valence-corrected chi connectivity index (χ0v) is 13.5. The van der Waals surface area contributed by atoms with E-state index in [9.17, 15) is 0 Å². The van der Waals surface area contributed by atoms with Gasteiger partial charge in [0.05, 0.1) is 0 Å². The lowest BCUT2D eigenvalue weighted by Gasteiger charge is -2.33. The van der Waals surface area contributed by atoms with Crippen LogP contribution in [0.2, 0.25) is 0 Å². The summed E-state index contributed by atoms with van der Waals surface area (Å²) in [4.78, 5) is 2.58. The minimum absolute atomic E-state index is 0.769. The van der Waals surface area contributed by atoms with Crippen LogP contribution in [0, 0.1) is 0 Å². The van der Waals surface area contributed by atoms with Gasteiger partial charge in [0, 0.05) is 24.4 Å². The second kappa shape index (κ2) is 8.33. The molecule has 2 rings (SSSR count). The van der Waals surface area contributed by atoms with Gasteiger partial charge in [-0.2, -0.15) is 11.8 Å². The molecule has 1 atom stereocenters. The van der Waals surface area contributed by atoms with Crippen LogP contribution in [0.1, 0.15) is 46.0 Å². The molecule has 0 spiro atoms. The maximum atomic E-state index is 3.81. The average Bonchev–Trinajstić information content (AvgIpc) is 2.45. The van der Waals surface area contributed by atoms with Crippen molar-refractivity contribution in [1.82, 2.24) is 10.2 Å². The fourth-order valence-corrected chi connectivity index (χ4v) is 4.15. The van der Waals surface area contributed by atoms with Gasteiger partial charge in [-0.25, -0.2) is 0 Å². The quantitative estimate of drug-likeness (QED) is 0.779. The highest BCUT2D eigenvalue weighted by Crippen LogP contribution is 2.24. The molecular weight excluding hydrogens is 252 g/mol. The van der Waals surface area contributed by atoms with Gasteiger partial charge < -0.3 is 5.32 Å². The molecule has 2 heterocycles. The van der Waals surface area contributed by atoms with E-state index in [4.69, 9.17) is 0 Å². The Morgan fingerprint density at radius 1 is 1.21 bits per heavy atom. The Labute approximate surface area is 123 Å². The van der Waals surface area contributed by atoms with Crippen LogP contribution in [0.25, 0.3) is 0 Å². The van der Waals surface area contributed by atoms with E-state index in [1.165, 1.54) is 63.1 Å². The van der Waals surface area contributed by atoms with E-state index in [1.54, 1.807) is 0 Å². The fourth-order valence-electron chi connectivity index (χ4n) is 2.90. The molecule has 2 aliphatic rings. The summed E-state index contributed by atoms with van der Waals surface area (Å²) in [6, 6.07) is 0.769. The predicted molar refractivity (Wildman–Crippen MR) is 87.0 cm³/mol. The molecule has 2 fully saturated rings. The Bertz CT molecular complexity index is 272. The van der Waals surface area contributed by atoms with Crippen LogP contribution in [-0.2, 0) is 0 Å². The van der Waals surface area contributed by atoms with Crippen molar-refractivity contribution in [2.75, 3.05) is 31.9 Å². The summed E-state index contributed by atoms with van der Waals surface area (Å²) in [5, 5.41) is 4.70. The molecule has 0 bridgehead atoms. The number of likely N-dealkylation sites (tertiary alicyclic amines) is 1. The molecule has 19 heavy (non-hydrogen) atoms. The number of piperidine rings is 1. The zero-order valence-electron chi connectivity index (χ0n) is 12.7.